The topological polar surface area (TPSA) is 63.2 Å². The fraction of sp³-hybridized carbons (Fsp3) is 0. The molecule has 0 fully saturated rings. The maximum Gasteiger partial charge on any atom is 0.255 e. The van der Waals surface area contributed by atoms with Gasteiger partial charge < -0.3 is 14.4 Å². The molecule has 0 aliphatic rings. The highest BCUT2D eigenvalue weighted by molar-refractivity contribution is 7.85. The van der Waals surface area contributed by atoms with E-state index in [1.165, 1.54) is 0 Å². The summed E-state index contributed by atoms with van der Waals surface area (Å²) >= 11 is 0. The monoisotopic (exact) mass is 597 g/mol. The van der Waals surface area contributed by atoms with Gasteiger partial charge in [0.15, 0.2) is 14.3 Å². The van der Waals surface area contributed by atoms with Gasteiger partial charge in [0.25, 0.3) is 5.91 Å². The molecule has 6 aromatic carbocycles. The Labute approximate surface area is 251 Å². The third kappa shape index (κ3) is 5.56. The number of anilines is 1. The standard InChI is InChI=1S/C37H29NO3P2/c39-37(29-21-25-35(26-22-29)42(40,31-13-5-1-6-14-31)32-15-7-2-8-16-32)38-30-23-27-36(28-24-30)43(41,33-17-9-3-10-18-33)34-19-11-4-12-20-34/h1-28H,(H,38,39). The highest BCUT2D eigenvalue weighted by Crippen LogP contribution is 2.43. The summed E-state index contributed by atoms with van der Waals surface area (Å²) in [6.07, 6.45) is 0. The van der Waals surface area contributed by atoms with E-state index in [1.807, 2.05) is 133 Å². The maximum absolute atomic E-state index is 14.6. The number of hydrogen-bond acceptors (Lipinski definition) is 3. The van der Waals surface area contributed by atoms with E-state index in [2.05, 4.69) is 5.32 Å². The van der Waals surface area contributed by atoms with Crippen molar-refractivity contribution in [2.75, 3.05) is 5.32 Å². The minimum absolute atomic E-state index is 0.289. The van der Waals surface area contributed by atoms with Crippen LogP contribution in [0.4, 0.5) is 5.69 Å². The van der Waals surface area contributed by atoms with E-state index in [0.717, 1.165) is 21.2 Å². The van der Waals surface area contributed by atoms with Gasteiger partial charge in [-0.15, -0.1) is 0 Å². The van der Waals surface area contributed by atoms with Crippen molar-refractivity contribution in [1.29, 1.82) is 0 Å². The minimum atomic E-state index is -3.12. The van der Waals surface area contributed by atoms with Crippen molar-refractivity contribution in [2.45, 2.75) is 0 Å². The van der Waals surface area contributed by atoms with Crippen LogP contribution in [0.5, 0.6) is 0 Å². The Morgan fingerprint density at radius 2 is 0.651 bits per heavy atom. The molecule has 0 aliphatic heterocycles. The van der Waals surface area contributed by atoms with Gasteiger partial charge in [-0.25, -0.2) is 0 Å². The van der Waals surface area contributed by atoms with Crippen LogP contribution in [0.25, 0.3) is 0 Å². The molecule has 0 bridgehead atoms. The van der Waals surface area contributed by atoms with Crippen molar-refractivity contribution in [3.05, 3.63) is 175 Å². The SMILES string of the molecule is O=C(Nc1ccc(P(=O)(c2ccccc2)c2ccccc2)cc1)c1ccc(P(=O)(c2ccccc2)c2ccccc2)cc1. The fourth-order valence-electron chi connectivity index (χ4n) is 5.23. The number of carbonyl (C=O) groups is 1. The molecule has 4 nitrogen and oxygen atoms in total. The lowest BCUT2D eigenvalue weighted by Gasteiger charge is -2.20. The van der Waals surface area contributed by atoms with Crippen LogP contribution >= 0.6 is 14.3 Å². The van der Waals surface area contributed by atoms with Crippen LogP contribution in [0.2, 0.25) is 0 Å². The third-order valence-electron chi connectivity index (χ3n) is 7.46. The zero-order chi connectivity index (χ0) is 29.7. The van der Waals surface area contributed by atoms with Gasteiger partial charge in [0.1, 0.15) is 0 Å². The number of hydrogen-bond donors (Lipinski definition) is 1. The van der Waals surface area contributed by atoms with E-state index in [-0.39, 0.29) is 5.91 Å². The summed E-state index contributed by atoms with van der Waals surface area (Å²) < 4.78 is 29.2. The van der Waals surface area contributed by atoms with Crippen LogP contribution in [0.3, 0.4) is 0 Å². The molecule has 0 aromatic heterocycles. The molecule has 6 rings (SSSR count). The van der Waals surface area contributed by atoms with Crippen LogP contribution in [0.15, 0.2) is 170 Å². The molecule has 0 radical (unpaired) electrons. The van der Waals surface area contributed by atoms with Crippen LogP contribution in [-0.2, 0) is 9.13 Å². The van der Waals surface area contributed by atoms with Gasteiger partial charge in [0.05, 0.1) is 0 Å². The van der Waals surface area contributed by atoms with E-state index in [4.69, 9.17) is 0 Å². The van der Waals surface area contributed by atoms with E-state index in [0.29, 0.717) is 21.9 Å². The molecule has 6 aromatic rings. The van der Waals surface area contributed by atoms with Crippen molar-refractivity contribution in [3.8, 4) is 0 Å². The summed E-state index contributed by atoms with van der Waals surface area (Å²) in [5.74, 6) is -0.289. The van der Waals surface area contributed by atoms with Crippen molar-refractivity contribution in [2.24, 2.45) is 0 Å². The van der Waals surface area contributed by atoms with Crippen LogP contribution in [-0.4, -0.2) is 5.91 Å². The second-order valence-corrected chi connectivity index (χ2v) is 15.6. The van der Waals surface area contributed by atoms with Gasteiger partial charge in [-0.2, -0.15) is 0 Å². The van der Waals surface area contributed by atoms with Crippen molar-refractivity contribution in [3.63, 3.8) is 0 Å². The first-order valence-electron chi connectivity index (χ1n) is 13.9. The number of nitrogens with one attached hydrogen (secondary N) is 1. The summed E-state index contributed by atoms with van der Waals surface area (Å²) in [4.78, 5) is 13.2. The van der Waals surface area contributed by atoms with Gasteiger partial charge in [-0.05, 0) is 36.4 Å². The summed E-state index contributed by atoms with van der Waals surface area (Å²) in [6, 6.07) is 52.0. The Kier molecular flexibility index (Phi) is 8.07. The van der Waals surface area contributed by atoms with Crippen LogP contribution in [0, 0.1) is 0 Å². The fourth-order valence-corrected chi connectivity index (χ4v) is 10.5. The van der Waals surface area contributed by atoms with Crippen molar-refractivity contribution in [1.82, 2.24) is 0 Å². The number of benzene rings is 6. The zero-order valence-electron chi connectivity index (χ0n) is 23.3. The number of rotatable bonds is 8. The normalized spacial score (nSPS) is 11.5. The van der Waals surface area contributed by atoms with Gasteiger partial charge in [0.2, 0.25) is 0 Å². The highest BCUT2D eigenvalue weighted by Gasteiger charge is 2.30. The Balaban J connectivity index is 1.26. The van der Waals surface area contributed by atoms with Gasteiger partial charge in [-0.3, -0.25) is 4.79 Å². The molecule has 1 N–H and O–H groups in total. The van der Waals surface area contributed by atoms with Crippen LogP contribution < -0.4 is 37.1 Å². The van der Waals surface area contributed by atoms with Crippen molar-refractivity contribution < 1.29 is 13.9 Å². The van der Waals surface area contributed by atoms with Crippen molar-refractivity contribution >= 4 is 57.7 Å². The smallest absolute Gasteiger partial charge is 0.255 e. The maximum atomic E-state index is 14.6. The lowest BCUT2D eigenvalue weighted by Crippen LogP contribution is -2.25. The largest absolute Gasteiger partial charge is 0.322 e. The second kappa shape index (κ2) is 12.2. The first-order valence-corrected chi connectivity index (χ1v) is 17.4. The Morgan fingerprint density at radius 1 is 0.372 bits per heavy atom. The Morgan fingerprint density at radius 3 is 0.977 bits per heavy atom. The molecular formula is C37H29NO3P2. The summed E-state index contributed by atoms with van der Waals surface area (Å²) in [5.41, 5.74) is 1.03. The molecule has 0 unspecified atom stereocenters. The third-order valence-corrected chi connectivity index (χ3v) is 13.6. The molecule has 43 heavy (non-hydrogen) atoms. The predicted molar refractivity (Wildman–Crippen MR) is 180 cm³/mol. The van der Waals surface area contributed by atoms with Gasteiger partial charge >= 0.3 is 0 Å². The summed E-state index contributed by atoms with van der Waals surface area (Å²) in [6.45, 7) is 0. The molecular weight excluding hydrogens is 568 g/mol. The molecule has 0 atom stereocenters. The van der Waals surface area contributed by atoms with Crippen LogP contribution in [0.1, 0.15) is 10.4 Å². The zero-order valence-corrected chi connectivity index (χ0v) is 25.1. The first kappa shape index (κ1) is 28.4. The molecule has 0 aliphatic carbocycles. The summed E-state index contributed by atoms with van der Waals surface area (Å²) in [5, 5.41) is 7.26. The molecule has 6 heteroatoms. The van der Waals surface area contributed by atoms with Gasteiger partial charge in [0, 0.05) is 43.1 Å². The molecule has 0 saturated heterocycles. The van der Waals surface area contributed by atoms with E-state index < -0.39 is 14.3 Å². The summed E-state index contributed by atoms with van der Waals surface area (Å²) in [7, 11) is -6.22. The molecule has 0 spiro atoms. The molecule has 0 heterocycles. The number of amides is 1. The minimum Gasteiger partial charge on any atom is -0.322 e. The highest BCUT2D eigenvalue weighted by atomic mass is 31.2. The van der Waals surface area contributed by atoms with E-state index in [9.17, 15) is 13.9 Å². The average Bonchev–Trinajstić information content (AvgIpc) is 3.09. The van der Waals surface area contributed by atoms with E-state index in [1.54, 1.807) is 36.4 Å². The quantitative estimate of drug-likeness (QED) is 0.212. The Bertz CT molecular complexity index is 1840. The molecule has 0 saturated carbocycles. The molecule has 1 amide bonds. The van der Waals surface area contributed by atoms with Gasteiger partial charge in [-0.1, -0.05) is 133 Å². The first-order chi connectivity index (χ1) is 21.0. The number of carbonyl (C=O) groups excluding carboxylic acids is 1. The lowest BCUT2D eigenvalue weighted by atomic mass is 10.2. The second-order valence-electron chi connectivity index (χ2n) is 10.1. The van der Waals surface area contributed by atoms with E-state index >= 15 is 0 Å². The Hall–Kier alpha value is -4.75. The predicted octanol–water partition coefficient (Wildman–Crippen LogP) is 6.22. The molecule has 210 valence electrons. The average molecular weight is 598 g/mol. The lowest BCUT2D eigenvalue weighted by molar-refractivity contribution is 0.102.